The van der Waals surface area contributed by atoms with Crippen molar-refractivity contribution in [3.8, 4) is 0 Å². The fourth-order valence-corrected chi connectivity index (χ4v) is 1.42. The van der Waals surface area contributed by atoms with Gasteiger partial charge in [0.05, 0.1) is 6.26 Å². The first-order chi connectivity index (χ1) is 6.50. The van der Waals surface area contributed by atoms with Gasteiger partial charge in [-0.2, -0.15) is 0 Å². The molecule has 5 heteroatoms. The van der Waals surface area contributed by atoms with Crippen LogP contribution in [-0.4, -0.2) is 37.6 Å². The van der Waals surface area contributed by atoms with Crippen LogP contribution in [0.5, 0.6) is 0 Å². The number of likely N-dealkylation sites (N-methyl/N-ethyl adjacent to an activating group) is 1. The van der Waals surface area contributed by atoms with Gasteiger partial charge >= 0.3 is 0 Å². The second-order valence-electron chi connectivity index (χ2n) is 3.19. The molecule has 0 amide bonds. The first-order valence-electron chi connectivity index (χ1n) is 4.30. The molecule has 1 aromatic rings. The molecular formula is C9H14N2O2S. The highest BCUT2D eigenvalue weighted by Gasteiger charge is 2.09. The summed E-state index contributed by atoms with van der Waals surface area (Å²) in [5.74, 6) is 0. The van der Waals surface area contributed by atoms with Gasteiger partial charge in [-0.25, -0.2) is 12.7 Å². The van der Waals surface area contributed by atoms with Crippen molar-refractivity contribution in [2.45, 2.75) is 6.42 Å². The van der Waals surface area contributed by atoms with E-state index in [1.807, 2.05) is 12.1 Å². The number of hydrogen-bond donors (Lipinski definition) is 0. The highest BCUT2D eigenvalue weighted by atomic mass is 32.2. The van der Waals surface area contributed by atoms with Crippen LogP contribution < -0.4 is 0 Å². The third-order valence-corrected chi connectivity index (χ3v) is 3.35. The molecule has 0 aliphatic carbocycles. The number of nitrogens with zero attached hydrogens (tertiary/aromatic N) is 2. The quantitative estimate of drug-likeness (QED) is 0.734. The fourth-order valence-electron chi connectivity index (χ4n) is 1.00. The van der Waals surface area contributed by atoms with E-state index < -0.39 is 10.0 Å². The predicted molar refractivity (Wildman–Crippen MR) is 55.4 cm³/mol. The average Bonchev–Trinajstić information content (AvgIpc) is 2.14. The van der Waals surface area contributed by atoms with Crippen molar-refractivity contribution >= 4 is 10.0 Å². The minimum absolute atomic E-state index is 0.503. The molecule has 4 nitrogen and oxygen atoms in total. The van der Waals surface area contributed by atoms with Crippen molar-refractivity contribution in [3.63, 3.8) is 0 Å². The summed E-state index contributed by atoms with van der Waals surface area (Å²) in [6.07, 6.45) is 5.33. The number of sulfonamides is 1. The molecule has 0 unspecified atom stereocenters. The standard InChI is InChI=1S/C9H14N2O2S/c1-11(14(2,12)13)8-5-9-3-6-10-7-4-9/h3-4,6-7H,5,8H2,1-2H3. The third-order valence-electron chi connectivity index (χ3n) is 2.03. The van der Waals surface area contributed by atoms with E-state index in [-0.39, 0.29) is 0 Å². The zero-order chi connectivity index (χ0) is 10.6. The summed E-state index contributed by atoms with van der Waals surface area (Å²) in [5, 5.41) is 0. The van der Waals surface area contributed by atoms with E-state index in [1.165, 1.54) is 10.6 Å². The lowest BCUT2D eigenvalue weighted by Gasteiger charge is -2.13. The molecule has 1 aromatic heterocycles. The lowest BCUT2D eigenvalue weighted by atomic mass is 10.2. The molecule has 78 valence electrons. The van der Waals surface area contributed by atoms with Crippen molar-refractivity contribution in [1.29, 1.82) is 0 Å². The van der Waals surface area contributed by atoms with Gasteiger partial charge in [-0.1, -0.05) is 0 Å². The number of hydrogen-bond acceptors (Lipinski definition) is 3. The van der Waals surface area contributed by atoms with Gasteiger partial charge < -0.3 is 0 Å². The molecule has 0 bridgehead atoms. The summed E-state index contributed by atoms with van der Waals surface area (Å²) < 4.78 is 23.5. The van der Waals surface area contributed by atoms with Crippen molar-refractivity contribution < 1.29 is 8.42 Å². The van der Waals surface area contributed by atoms with Crippen LogP contribution in [0.1, 0.15) is 5.56 Å². The van der Waals surface area contributed by atoms with E-state index in [0.717, 1.165) is 5.56 Å². The molecule has 1 heterocycles. The second kappa shape index (κ2) is 4.52. The molecule has 0 aromatic carbocycles. The lowest BCUT2D eigenvalue weighted by molar-refractivity contribution is 0.478. The second-order valence-corrected chi connectivity index (χ2v) is 5.28. The molecule has 0 aliphatic rings. The van der Waals surface area contributed by atoms with Gasteiger partial charge in [0.2, 0.25) is 10.0 Å². The molecule has 1 rings (SSSR count). The Hall–Kier alpha value is -0.940. The Labute approximate surface area is 84.6 Å². The van der Waals surface area contributed by atoms with E-state index in [4.69, 9.17) is 0 Å². The summed E-state index contributed by atoms with van der Waals surface area (Å²) in [6.45, 7) is 0.503. The highest BCUT2D eigenvalue weighted by molar-refractivity contribution is 7.88. The SMILES string of the molecule is CN(CCc1ccncc1)S(C)(=O)=O. The summed E-state index contributed by atoms with van der Waals surface area (Å²) in [5.41, 5.74) is 1.09. The Morgan fingerprint density at radius 1 is 1.36 bits per heavy atom. The summed E-state index contributed by atoms with van der Waals surface area (Å²) in [6, 6.07) is 3.77. The largest absolute Gasteiger partial charge is 0.265 e. The first kappa shape index (κ1) is 11.1. The number of aromatic nitrogens is 1. The fraction of sp³-hybridized carbons (Fsp3) is 0.444. The average molecular weight is 214 g/mol. The minimum Gasteiger partial charge on any atom is -0.265 e. The Morgan fingerprint density at radius 3 is 2.43 bits per heavy atom. The monoisotopic (exact) mass is 214 g/mol. The summed E-state index contributed by atoms with van der Waals surface area (Å²) in [7, 11) is -1.48. The van der Waals surface area contributed by atoms with Crippen LogP contribution in [0.3, 0.4) is 0 Å². The van der Waals surface area contributed by atoms with E-state index in [1.54, 1.807) is 19.4 Å². The Bertz CT molecular complexity index is 375. The van der Waals surface area contributed by atoms with Crippen molar-refractivity contribution in [1.82, 2.24) is 9.29 Å². The molecule has 0 spiro atoms. The van der Waals surface area contributed by atoms with Crippen molar-refractivity contribution in [2.75, 3.05) is 19.8 Å². The smallest absolute Gasteiger partial charge is 0.210 e. The Kier molecular flexibility index (Phi) is 3.60. The van der Waals surface area contributed by atoms with Crippen LogP contribution in [0.4, 0.5) is 0 Å². The molecule has 0 fully saturated rings. The maximum atomic E-state index is 11.1. The maximum absolute atomic E-state index is 11.1. The zero-order valence-corrected chi connectivity index (χ0v) is 9.16. The molecule has 0 aliphatic heterocycles. The third kappa shape index (κ3) is 3.43. The van der Waals surface area contributed by atoms with Gasteiger partial charge in [-0.15, -0.1) is 0 Å². The van der Waals surface area contributed by atoms with Gasteiger partial charge in [0.15, 0.2) is 0 Å². The molecule has 14 heavy (non-hydrogen) atoms. The van der Waals surface area contributed by atoms with Gasteiger partial charge in [0, 0.05) is 26.0 Å². The van der Waals surface area contributed by atoms with Gasteiger partial charge in [-0.3, -0.25) is 4.98 Å². The van der Waals surface area contributed by atoms with E-state index >= 15 is 0 Å². The summed E-state index contributed by atoms with van der Waals surface area (Å²) >= 11 is 0. The van der Waals surface area contributed by atoms with Crippen molar-refractivity contribution in [3.05, 3.63) is 30.1 Å². The van der Waals surface area contributed by atoms with Crippen LogP contribution in [0.25, 0.3) is 0 Å². The van der Waals surface area contributed by atoms with Gasteiger partial charge in [-0.05, 0) is 24.1 Å². The summed E-state index contributed by atoms with van der Waals surface area (Å²) in [4.78, 5) is 3.89. The highest BCUT2D eigenvalue weighted by Crippen LogP contribution is 2.00. The van der Waals surface area contributed by atoms with Crippen molar-refractivity contribution in [2.24, 2.45) is 0 Å². The Morgan fingerprint density at radius 2 is 1.93 bits per heavy atom. The normalized spacial score (nSPS) is 11.9. The van der Waals surface area contributed by atoms with Gasteiger partial charge in [0.25, 0.3) is 0 Å². The molecule has 0 radical (unpaired) electrons. The van der Waals surface area contributed by atoms with Crippen LogP contribution in [0.2, 0.25) is 0 Å². The van der Waals surface area contributed by atoms with E-state index in [2.05, 4.69) is 4.98 Å². The lowest BCUT2D eigenvalue weighted by Crippen LogP contribution is -2.27. The topological polar surface area (TPSA) is 50.3 Å². The zero-order valence-electron chi connectivity index (χ0n) is 8.34. The Balaban J connectivity index is 2.50. The van der Waals surface area contributed by atoms with E-state index in [0.29, 0.717) is 13.0 Å². The molecular weight excluding hydrogens is 200 g/mol. The van der Waals surface area contributed by atoms with Crippen LogP contribution in [0.15, 0.2) is 24.5 Å². The molecule has 0 saturated carbocycles. The minimum atomic E-state index is -3.06. The predicted octanol–water partition coefficient (Wildman–Crippen LogP) is 0.516. The molecule has 0 saturated heterocycles. The first-order valence-corrected chi connectivity index (χ1v) is 6.15. The van der Waals surface area contributed by atoms with Crippen LogP contribution in [0, 0.1) is 0 Å². The molecule has 0 atom stereocenters. The van der Waals surface area contributed by atoms with Crippen LogP contribution >= 0.6 is 0 Å². The number of pyridine rings is 1. The van der Waals surface area contributed by atoms with Gasteiger partial charge in [0.1, 0.15) is 0 Å². The van der Waals surface area contributed by atoms with Crippen LogP contribution in [-0.2, 0) is 16.4 Å². The number of rotatable bonds is 4. The maximum Gasteiger partial charge on any atom is 0.210 e. The van der Waals surface area contributed by atoms with E-state index in [9.17, 15) is 8.42 Å². The molecule has 0 N–H and O–H groups in total.